The summed E-state index contributed by atoms with van der Waals surface area (Å²) in [7, 11) is 1.61. The minimum absolute atomic E-state index is 0. The molecule has 2 rings (SSSR count). The zero-order valence-corrected chi connectivity index (χ0v) is 19.3. The van der Waals surface area contributed by atoms with Crippen LogP contribution in [0.4, 0.5) is 10.1 Å². The highest BCUT2D eigenvalue weighted by atomic mass is 127. The number of nitrogens with zero attached hydrogens (tertiary/aromatic N) is 1. The molecule has 27 heavy (non-hydrogen) atoms. The quantitative estimate of drug-likeness (QED) is 0.299. The first-order chi connectivity index (χ1) is 12.4. The van der Waals surface area contributed by atoms with Gasteiger partial charge >= 0.3 is 0 Å². The van der Waals surface area contributed by atoms with Gasteiger partial charge in [-0.25, -0.2) is 4.39 Å². The number of guanidine groups is 1. The highest BCUT2D eigenvalue weighted by molar-refractivity contribution is 14.0. The number of amides is 1. The molecule has 0 saturated carbocycles. The fourth-order valence-corrected chi connectivity index (χ4v) is 2.60. The summed E-state index contributed by atoms with van der Waals surface area (Å²) in [6.07, 6.45) is 0. The second-order valence-electron chi connectivity index (χ2n) is 5.87. The molecule has 0 bridgehead atoms. The SMILES string of the molecule is CN=C(NCC(=O)Nc1cc(Br)ccc1C)NCc1ccc(C)c(F)c1.I. The van der Waals surface area contributed by atoms with Gasteiger partial charge in [-0.15, -0.1) is 24.0 Å². The number of aliphatic imine (C=N–C) groups is 1. The summed E-state index contributed by atoms with van der Waals surface area (Å²) in [5, 5.41) is 8.85. The predicted molar refractivity (Wildman–Crippen MR) is 122 cm³/mol. The van der Waals surface area contributed by atoms with Crippen LogP contribution >= 0.6 is 39.9 Å². The lowest BCUT2D eigenvalue weighted by atomic mass is 10.1. The monoisotopic (exact) mass is 548 g/mol. The Hall–Kier alpha value is -1.68. The molecule has 5 nitrogen and oxygen atoms in total. The van der Waals surface area contributed by atoms with E-state index in [2.05, 4.69) is 36.9 Å². The first-order valence-corrected chi connectivity index (χ1v) is 8.94. The van der Waals surface area contributed by atoms with Crippen LogP contribution in [0.1, 0.15) is 16.7 Å². The molecular formula is C19H23BrFIN4O. The lowest BCUT2D eigenvalue weighted by molar-refractivity contribution is -0.115. The maximum atomic E-state index is 13.6. The smallest absolute Gasteiger partial charge is 0.243 e. The lowest BCUT2D eigenvalue weighted by Gasteiger charge is -2.13. The minimum Gasteiger partial charge on any atom is -0.352 e. The second-order valence-corrected chi connectivity index (χ2v) is 6.79. The number of anilines is 1. The average molecular weight is 549 g/mol. The Balaban J connectivity index is 0.00000364. The van der Waals surface area contributed by atoms with Crippen molar-refractivity contribution < 1.29 is 9.18 Å². The minimum atomic E-state index is -0.240. The third-order valence-corrected chi connectivity index (χ3v) is 4.30. The van der Waals surface area contributed by atoms with Gasteiger partial charge in [0.15, 0.2) is 5.96 Å². The fourth-order valence-electron chi connectivity index (χ4n) is 2.24. The molecule has 0 aliphatic rings. The van der Waals surface area contributed by atoms with Gasteiger partial charge in [0, 0.05) is 23.8 Å². The van der Waals surface area contributed by atoms with E-state index in [1.807, 2.05) is 31.2 Å². The highest BCUT2D eigenvalue weighted by Crippen LogP contribution is 2.20. The van der Waals surface area contributed by atoms with Crippen LogP contribution in [-0.4, -0.2) is 25.5 Å². The summed E-state index contributed by atoms with van der Waals surface area (Å²) in [4.78, 5) is 16.2. The molecule has 0 saturated heterocycles. The molecule has 3 N–H and O–H groups in total. The molecule has 146 valence electrons. The van der Waals surface area contributed by atoms with E-state index in [9.17, 15) is 9.18 Å². The predicted octanol–water partition coefficient (Wildman–Crippen LogP) is 4.13. The van der Waals surface area contributed by atoms with E-state index in [0.29, 0.717) is 18.1 Å². The van der Waals surface area contributed by atoms with Crippen LogP contribution in [0, 0.1) is 19.7 Å². The number of aryl methyl sites for hydroxylation is 2. The molecule has 0 aliphatic heterocycles. The summed E-state index contributed by atoms with van der Waals surface area (Å²) in [6, 6.07) is 10.8. The topological polar surface area (TPSA) is 65.5 Å². The maximum absolute atomic E-state index is 13.6. The zero-order chi connectivity index (χ0) is 19.1. The molecule has 0 heterocycles. The molecule has 0 aromatic heterocycles. The van der Waals surface area contributed by atoms with E-state index in [1.54, 1.807) is 20.0 Å². The van der Waals surface area contributed by atoms with Crippen LogP contribution in [0.5, 0.6) is 0 Å². The van der Waals surface area contributed by atoms with Crippen LogP contribution in [0.2, 0.25) is 0 Å². The van der Waals surface area contributed by atoms with Crippen LogP contribution in [0.3, 0.4) is 0 Å². The van der Waals surface area contributed by atoms with E-state index in [1.165, 1.54) is 6.07 Å². The third-order valence-electron chi connectivity index (χ3n) is 3.81. The van der Waals surface area contributed by atoms with Crippen molar-refractivity contribution >= 4 is 57.5 Å². The largest absolute Gasteiger partial charge is 0.352 e. The number of benzene rings is 2. The van der Waals surface area contributed by atoms with Gasteiger partial charge in [-0.1, -0.05) is 34.1 Å². The number of carbonyl (C=O) groups is 1. The van der Waals surface area contributed by atoms with Crippen molar-refractivity contribution in [2.45, 2.75) is 20.4 Å². The highest BCUT2D eigenvalue weighted by Gasteiger charge is 2.07. The van der Waals surface area contributed by atoms with Crippen LogP contribution < -0.4 is 16.0 Å². The van der Waals surface area contributed by atoms with Crippen LogP contribution in [0.15, 0.2) is 45.9 Å². The Labute approximate surface area is 184 Å². The maximum Gasteiger partial charge on any atom is 0.243 e. The van der Waals surface area contributed by atoms with E-state index >= 15 is 0 Å². The molecular weight excluding hydrogens is 526 g/mol. The van der Waals surface area contributed by atoms with Gasteiger partial charge in [-0.3, -0.25) is 9.79 Å². The fraction of sp³-hybridized carbons (Fsp3) is 0.263. The van der Waals surface area contributed by atoms with Crippen molar-refractivity contribution in [3.05, 3.63) is 63.4 Å². The van der Waals surface area contributed by atoms with Crippen molar-refractivity contribution in [2.75, 3.05) is 18.9 Å². The van der Waals surface area contributed by atoms with Gasteiger partial charge < -0.3 is 16.0 Å². The van der Waals surface area contributed by atoms with Gasteiger partial charge in [0.25, 0.3) is 0 Å². The Kier molecular flexibility index (Phi) is 9.71. The standard InChI is InChI=1S/C19H22BrFN4O.HI/c1-12-4-6-14(8-16(12)21)10-23-19(22-3)24-11-18(26)25-17-9-15(20)7-5-13(17)2;/h4-9H,10-11H2,1-3H3,(H,25,26)(H2,22,23,24);1H. The number of halogens is 3. The van der Waals surface area contributed by atoms with Crippen molar-refractivity contribution in [3.63, 3.8) is 0 Å². The number of hydrogen-bond acceptors (Lipinski definition) is 2. The number of rotatable bonds is 5. The van der Waals surface area contributed by atoms with Gasteiger partial charge in [0.2, 0.25) is 5.91 Å². The summed E-state index contributed by atoms with van der Waals surface area (Å²) in [6.45, 7) is 4.12. The van der Waals surface area contributed by atoms with E-state index < -0.39 is 0 Å². The molecule has 0 unspecified atom stereocenters. The van der Waals surface area contributed by atoms with Crippen LogP contribution in [0.25, 0.3) is 0 Å². The van der Waals surface area contributed by atoms with Gasteiger partial charge in [0.05, 0.1) is 6.54 Å². The van der Waals surface area contributed by atoms with Crippen molar-refractivity contribution in [3.8, 4) is 0 Å². The molecule has 2 aromatic rings. The average Bonchev–Trinajstić information content (AvgIpc) is 2.61. The molecule has 0 fully saturated rings. The number of hydrogen-bond donors (Lipinski definition) is 3. The molecule has 0 atom stereocenters. The Morgan fingerprint density at radius 2 is 1.81 bits per heavy atom. The molecule has 8 heteroatoms. The Morgan fingerprint density at radius 1 is 1.11 bits per heavy atom. The summed E-state index contributed by atoms with van der Waals surface area (Å²) in [5.41, 5.74) is 3.13. The molecule has 0 spiro atoms. The first kappa shape index (κ1) is 23.4. The lowest BCUT2D eigenvalue weighted by Crippen LogP contribution is -2.41. The van der Waals surface area contributed by atoms with E-state index in [0.717, 1.165) is 21.3 Å². The summed E-state index contributed by atoms with van der Waals surface area (Å²) < 4.78 is 14.5. The van der Waals surface area contributed by atoms with E-state index in [-0.39, 0.29) is 42.2 Å². The first-order valence-electron chi connectivity index (χ1n) is 8.14. The van der Waals surface area contributed by atoms with Gasteiger partial charge in [-0.05, 0) is 48.7 Å². The zero-order valence-electron chi connectivity index (χ0n) is 15.4. The van der Waals surface area contributed by atoms with Crippen molar-refractivity contribution in [1.82, 2.24) is 10.6 Å². The normalized spacial score (nSPS) is 10.8. The van der Waals surface area contributed by atoms with E-state index in [4.69, 9.17) is 0 Å². The molecule has 0 radical (unpaired) electrons. The molecule has 1 amide bonds. The van der Waals surface area contributed by atoms with Gasteiger partial charge in [-0.2, -0.15) is 0 Å². The summed E-state index contributed by atoms with van der Waals surface area (Å²) >= 11 is 3.39. The van der Waals surface area contributed by atoms with Crippen molar-refractivity contribution in [2.24, 2.45) is 4.99 Å². The van der Waals surface area contributed by atoms with Crippen LogP contribution in [-0.2, 0) is 11.3 Å². The van der Waals surface area contributed by atoms with Crippen molar-refractivity contribution in [1.29, 1.82) is 0 Å². The Morgan fingerprint density at radius 3 is 2.48 bits per heavy atom. The van der Waals surface area contributed by atoms with Gasteiger partial charge in [0.1, 0.15) is 5.82 Å². The number of carbonyl (C=O) groups excluding carboxylic acids is 1. The second kappa shape index (κ2) is 11.2. The Bertz CT molecular complexity index is 829. The summed E-state index contributed by atoms with van der Waals surface area (Å²) in [5.74, 6) is 0.0404. The molecule has 2 aromatic carbocycles. The third kappa shape index (κ3) is 7.45. The number of nitrogens with one attached hydrogen (secondary N) is 3. The molecule has 0 aliphatic carbocycles.